The van der Waals surface area contributed by atoms with E-state index in [1.165, 1.54) is 24.3 Å². The monoisotopic (exact) mass is 1050 g/mol. The van der Waals surface area contributed by atoms with Gasteiger partial charge < -0.3 is 81.4 Å². The molecule has 0 unspecified atom stereocenters. The second-order valence-electron chi connectivity index (χ2n) is 19.6. The van der Waals surface area contributed by atoms with Gasteiger partial charge in [0.05, 0.1) is 19.1 Å². The SMILES string of the molecule is CC(C)C[C@H](NC(=O)[C@H](Cc1ccc(O)cc1)NC(=O)CNC(=O)[C@H](CC(C)C)NC(=O)[C@H](CCCCN)NC(=O)CNC(=O)[C@H](CCCCN)NC(=O)[C@H](CCCN=C(N)N)NC(=O)[C@@H](N)CC(C)C)C(=O)O. The van der Waals surface area contributed by atoms with Gasteiger partial charge in [-0.3, -0.25) is 43.3 Å². The minimum Gasteiger partial charge on any atom is -0.508 e. The Labute approximate surface area is 434 Å². The minimum absolute atomic E-state index is 0.0317. The van der Waals surface area contributed by atoms with Crippen LogP contribution < -0.4 is 71.2 Å². The van der Waals surface area contributed by atoms with Crippen molar-refractivity contribution in [1.29, 1.82) is 0 Å². The van der Waals surface area contributed by atoms with Gasteiger partial charge in [-0.25, -0.2) is 4.79 Å². The molecule has 1 rings (SSSR count). The Morgan fingerprint density at radius 3 is 1.41 bits per heavy atom. The molecule has 418 valence electrons. The van der Waals surface area contributed by atoms with E-state index in [1.807, 2.05) is 13.8 Å². The van der Waals surface area contributed by atoms with Crippen molar-refractivity contribution < 1.29 is 53.4 Å². The highest BCUT2D eigenvalue weighted by molar-refractivity contribution is 5.97. The van der Waals surface area contributed by atoms with Gasteiger partial charge in [-0.1, -0.05) is 53.7 Å². The lowest BCUT2D eigenvalue weighted by Crippen LogP contribution is -2.57. The van der Waals surface area contributed by atoms with Crippen LogP contribution in [0.15, 0.2) is 29.3 Å². The molecule has 0 fully saturated rings. The molecular weight excluding hydrogens is 961 g/mol. The van der Waals surface area contributed by atoms with Crippen molar-refractivity contribution in [3.8, 4) is 5.75 Å². The number of benzene rings is 1. The number of hydrogen-bond donors (Lipinski definition) is 15. The molecule has 20 N–H and O–H groups in total. The molecule has 0 aliphatic rings. The average Bonchev–Trinajstić information content (AvgIpc) is 3.32. The molecule has 0 heterocycles. The molecule has 25 nitrogen and oxygen atoms in total. The van der Waals surface area contributed by atoms with Crippen molar-refractivity contribution in [1.82, 2.24) is 42.5 Å². The summed E-state index contributed by atoms with van der Waals surface area (Å²) in [5, 5.41) is 40.2. The molecule has 0 aromatic heterocycles. The Morgan fingerprint density at radius 1 is 0.514 bits per heavy atom. The molecule has 8 amide bonds. The number of carboxylic acid groups (broad SMARTS) is 1. The number of carbonyl (C=O) groups is 9. The molecule has 25 heteroatoms. The number of amides is 8. The van der Waals surface area contributed by atoms with Crippen LogP contribution in [0.1, 0.15) is 118 Å². The van der Waals surface area contributed by atoms with E-state index in [0.29, 0.717) is 50.6 Å². The maximum atomic E-state index is 13.9. The lowest BCUT2D eigenvalue weighted by molar-refractivity contribution is -0.142. The molecular formula is C49H86N14O11. The van der Waals surface area contributed by atoms with Gasteiger partial charge >= 0.3 is 5.97 Å². The number of nitrogens with one attached hydrogen (secondary N) is 8. The van der Waals surface area contributed by atoms with Crippen LogP contribution in [0.5, 0.6) is 5.75 Å². The van der Waals surface area contributed by atoms with Crippen molar-refractivity contribution >= 4 is 59.2 Å². The highest BCUT2D eigenvalue weighted by Crippen LogP contribution is 2.14. The Balaban J connectivity index is 3.20. The first-order valence-electron chi connectivity index (χ1n) is 25.4. The molecule has 0 radical (unpaired) electrons. The highest BCUT2D eigenvalue weighted by atomic mass is 16.4. The number of aliphatic imine (C=N–C) groups is 1. The summed E-state index contributed by atoms with van der Waals surface area (Å²) >= 11 is 0. The van der Waals surface area contributed by atoms with E-state index < -0.39 is 109 Å². The van der Waals surface area contributed by atoms with Gasteiger partial charge in [-0.15, -0.1) is 0 Å². The number of nitrogens with two attached hydrogens (primary N) is 5. The summed E-state index contributed by atoms with van der Waals surface area (Å²) < 4.78 is 0. The number of aromatic hydroxyl groups is 1. The minimum atomic E-state index is -1.28. The van der Waals surface area contributed by atoms with Crippen LogP contribution in [0.4, 0.5) is 0 Å². The van der Waals surface area contributed by atoms with Crippen molar-refractivity contribution in [3.05, 3.63) is 29.8 Å². The average molecular weight is 1050 g/mol. The summed E-state index contributed by atoms with van der Waals surface area (Å²) in [6.07, 6.45) is 2.96. The zero-order chi connectivity index (χ0) is 55.9. The Morgan fingerprint density at radius 2 is 0.919 bits per heavy atom. The fourth-order valence-corrected chi connectivity index (χ4v) is 7.55. The first-order chi connectivity index (χ1) is 34.9. The zero-order valence-electron chi connectivity index (χ0n) is 44.0. The first-order valence-corrected chi connectivity index (χ1v) is 25.4. The summed E-state index contributed by atoms with van der Waals surface area (Å²) in [4.78, 5) is 124. The first kappa shape index (κ1) is 65.4. The molecule has 0 saturated heterocycles. The van der Waals surface area contributed by atoms with Crippen LogP contribution in [-0.2, 0) is 49.6 Å². The normalized spacial score (nSPS) is 14.0. The molecule has 1 aromatic rings. The van der Waals surface area contributed by atoms with Gasteiger partial charge in [0.1, 0.15) is 42.0 Å². The number of guanidine groups is 1. The Bertz CT molecular complexity index is 1980. The lowest BCUT2D eigenvalue weighted by atomic mass is 10.0. The zero-order valence-corrected chi connectivity index (χ0v) is 44.0. The van der Waals surface area contributed by atoms with E-state index in [1.54, 1.807) is 27.7 Å². The second kappa shape index (κ2) is 35.5. The van der Waals surface area contributed by atoms with Gasteiger partial charge in [0.15, 0.2) is 5.96 Å². The molecule has 0 aliphatic heterocycles. The lowest BCUT2D eigenvalue weighted by Gasteiger charge is -2.25. The number of unbranched alkanes of at least 4 members (excludes halogenated alkanes) is 2. The van der Waals surface area contributed by atoms with E-state index in [9.17, 15) is 53.4 Å². The number of carbonyl (C=O) groups excluding carboxylic acids is 8. The number of rotatable bonds is 37. The van der Waals surface area contributed by atoms with E-state index >= 15 is 0 Å². The van der Waals surface area contributed by atoms with Crippen molar-refractivity contribution in [3.63, 3.8) is 0 Å². The van der Waals surface area contributed by atoms with Crippen molar-refractivity contribution in [2.75, 3.05) is 32.7 Å². The fourth-order valence-electron chi connectivity index (χ4n) is 7.55. The smallest absolute Gasteiger partial charge is 0.326 e. The topological polar surface area (TPSA) is 433 Å². The maximum Gasteiger partial charge on any atom is 0.326 e. The number of nitrogens with zero attached hydrogens (tertiary/aromatic N) is 1. The second-order valence-corrected chi connectivity index (χ2v) is 19.6. The molecule has 1 aromatic carbocycles. The van der Waals surface area contributed by atoms with E-state index in [4.69, 9.17) is 28.7 Å². The van der Waals surface area contributed by atoms with Crippen LogP contribution in [0.3, 0.4) is 0 Å². The summed E-state index contributed by atoms with van der Waals surface area (Å²) in [6.45, 7) is 10.5. The highest BCUT2D eigenvalue weighted by Gasteiger charge is 2.32. The van der Waals surface area contributed by atoms with E-state index in [0.717, 1.165) is 0 Å². The summed E-state index contributed by atoms with van der Waals surface area (Å²) in [5.41, 5.74) is 28.9. The van der Waals surface area contributed by atoms with Crippen LogP contribution in [0, 0.1) is 17.8 Å². The predicted molar refractivity (Wildman–Crippen MR) is 279 cm³/mol. The molecule has 0 bridgehead atoms. The van der Waals surface area contributed by atoms with Gasteiger partial charge in [-0.05, 0) is 119 Å². The predicted octanol–water partition coefficient (Wildman–Crippen LogP) is -2.06. The number of hydrogen-bond acceptors (Lipinski definition) is 14. The van der Waals surface area contributed by atoms with Gasteiger partial charge in [-0.2, -0.15) is 0 Å². The molecule has 74 heavy (non-hydrogen) atoms. The fraction of sp³-hybridized carbons (Fsp3) is 0.673. The summed E-state index contributed by atoms with van der Waals surface area (Å²) in [6, 6.07) is -2.24. The summed E-state index contributed by atoms with van der Waals surface area (Å²) in [5.74, 6) is -7.37. The maximum absolute atomic E-state index is 13.9. The largest absolute Gasteiger partial charge is 0.508 e. The van der Waals surface area contributed by atoms with Gasteiger partial charge in [0.25, 0.3) is 0 Å². The molecule has 7 atom stereocenters. The van der Waals surface area contributed by atoms with Crippen molar-refractivity contribution in [2.45, 2.75) is 161 Å². The molecule has 0 spiro atoms. The summed E-state index contributed by atoms with van der Waals surface area (Å²) in [7, 11) is 0. The van der Waals surface area contributed by atoms with Crippen molar-refractivity contribution in [2.24, 2.45) is 51.4 Å². The van der Waals surface area contributed by atoms with Crippen LogP contribution >= 0.6 is 0 Å². The Hall–Kier alpha value is -6.60. The number of phenolic OH excluding ortho intramolecular Hbond substituents is 1. The van der Waals surface area contributed by atoms with Gasteiger partial charge in [0.2, 0.25) is 47.3 Å². The van der Waals surface area contributed by atoms with Crippen LogP contribution in [0.2, 0.25) is 0 Å². The van der Waals surface area contributed by atoms with E-state index in [-0.39, 0.29) is 81.1 Å². The quantitative estimate of drug-likeness (QED) is 0.0194. The third-order valence-electron chi connectivity index (χ3n) is 11.4. The van der Waals surface area contributed by atoms with Gasteiger partial charge in [0, 0.05) is 13.0 Å². The number of aliphatic carboxylic acids is 1. The van der Waals surface area contributed by atoms with Crippen LogP contribution in [0.25, 0.3) is 0 Å². The van der Waals surface area contributed by atoms with Crippen LogP contribution in [-0.4, -0.2) is 144 Å². The van der Waals surface area contributed by atoms with E-state index in [2.05, 4.69) is 47.5 Å². The molecule has 0 aliphatic carbocycles. The Kier molecular flexibility index (Phi) is 31.4. The number of carboxylic acids is 1. The number of phenols is 1. The third-order valence-corrected chi connectivity index (χ3v) is 11.4. The standard InChI is InChI=1S/C49H86N14O11/c1-28(2)22-33(52)42(67)60-36(14-11-21-55-49(53)54)46(71)61-34(12-7-9-19-50)43(68)56-26-40(65)58-35(13-8-10-20-51)45(70)62-37(23-29(3)4)44(69)57-27-41(66)59-38(25-31-15-17-32(64)18-16-31)47(72)63-39(48(73)74)24-30(5)6/h15-18,28-30,33-39,64H,7-14,19-27,50-52H2,1-6H3,(H,56,68)(H,57,69)(H,58,65)(H,59,66)(H,60,67)(H,61,71)(H,62,70)(H,63,72)(H,73,74)(H4,53,54,55)/t33-,34-,35-,36-,37-,38-,39-/m0/s1. The third kappa shape index (κ3) is 28.0. The molecule has 0 saturated carbocycles.